The van der Waals surface area contributed by atoms with Gasteiger partial charge >= 0.3 is 0 Å². The van der Waals surface area contributed by atoms with Gasteiger partial charge in [0.25, 0.3) is 17.3 Å². The molecule has 1 amide bonds. The van der Waals surface area contributed by atoms with Crippen LogP contribution in [-0.2, 0) is 0 Å². The molecule has 0 heterocycles. The maximum atomic E-state index is 11.9. The van der Waals surface area contributed by atoms with Crippen LogP contribution in [0.25, 0.3) is 0 Å². The average molecular weight is 344 g/mol. The number of nitro benzene ring substituents is 2. The third-order valence-corrected chi connectivity index (χ3v) is 3.08. The lowest BCUT2D eigenvalue weighted by Crippen LogP contribution is -2.17. The third kappa shape index (κ3) is 4.58. The number of non-ortho nitro benzene ring substituents is 2. The highest BCUT2D eigenvalue weighted by Crippen LogP contribution is 2.21. The Kier molecular flexibility index (Phi) is 5.36. The normalized spacial score (nSPS) is 10.4. The summed E-state index contributed by atoms with van der Waals surface area (Å²) in [6, 6.07) is 9.31. The molecule has 0 aromatic heterocycles. The lowest BCUT2D eigenvalue weighted by atomic mass is 10.2. The first-order valence-electron chi connectivity index (χ1n) is 6.82. The van der Waals surface area contributed by atoms with Gasteiger partial charge in [0.2, 0.25) is 0 Å². The second-order valence-electron chi connectivity index (χ2n) is 4.72. The van der Waals surface area contributed by atoms with Crippen molar-refractivity contribution in [3.8, 4) is 5.75 Å². The summed E-state index contributed by atoms with van der Waals surface area (Å²) >= 11 is 0. The van der Waals surface area contributed by atoms with Crippen LogP contribution in [0.5, 0.6) is 5.75 Å². The van der Waals surface area contributed by atoms with Gasteiger partial charge in [-0.05, 0) is 24.3 Å². The van der Waals surface area contributed by atoms with Gasteiger partial charge in [0.05, 0.1) is 29.2 Å². The fourth-order valence-corrected chi connectivity index (χ4v) is 1.88. The molecule has 0 spiro atoms. The first-order chi connectivity index (χ1) is 11.9. The highest BCUT2D eigenvalue weighted by molar-refractivity contribution is 5.95. The molecule has 2 aromatic carbocycles. The van der Waals surface area contributed by atoms with Crippen molar-refractivity contribution in [2.75, 3.05) is 7.11 Å². The van der Waals surface area contributed by atoms with E-state index in [2.05, 4.69) is 10.5 Å². The number of rotatable bonds is 6. The van der Waals surface area contributed by atoms with Gasteiger partial charge in [0.15, 0.2) is 0 Å². The van der Waals surface area contributed by atoms with E-state index in [0.717, 1.165) is 24.4 Å². The SMILES string of the molecule is COc1ccc(C(=O)N/N=C/c2cc([N+](=O)[O-])cc([N+](=O)[O-])c2)cc1. The standard InChI is InChI=1S/C15H12N4O6/c1-25-14-4-2-11(3-5-14)15(20)17-16-9-10-6-12(18(21)22)8-13(7-10)19(23)24/h2-9H,1H3,(H,17,20)/b16-9+. The van der Waals surface area contributed by atoms with Crippen LogP contribution in [0.2, 0.25) is 0 Å². The molecule has 0 unspecified atom stereocenters. The summed E-state index contributed by atoms with van der Waals surface area (Å²) < 4.78 is 4.98. The number of nitrogens with one attached hydrogen (secondary N) is 1. The Morgan fingerprint density at radius 2 is 1.64 bits per heavy atom. The molecule has 1 N–H and O–H groups in total. The second kappa shape index (κ2) is 7.64. The molecule has 25 heavy (non-hydrogen) atoms. The lowest BCUT2D eigenvalue weighted by molar-refractivity contribution is -0.394. The zero-order chi connectivity index (χ0) is 18.4. The van der Waals surface area contributed by atoms with Gasteiger partial charge in [-0.1, -0.05) is 0 Å². The van der Waals surface area contributed by atoms with Crippen LogP contribution in [0.1, 0.15) is 15.9 Å². The maximum absolute atomic E-state index is 11.9. The van der Waals surface area contributed by atoms with Gasteiger partial charge in [-0.25, -0.2) is 5.43 Å². The van der Waals surface area contributed by atoms with E-state index < -0.39 is 27.1 Å². The van der Waals surface area contributed by atoms with E-state index in [9.17, 15) is 25.0 Å². The van der Waals surface area contributed by atoms with Crippen molar-refractivity contribution in [1.82, 2.24) is 5.43 Å². The summed E-state index contributed by atoms with van der Waals surface area (Å²) in [5.41, 5.74) is 1.77. The number of nitrogens with zero attached hydrogens (tertiary/aromatic N) is 3. The minimum absolute atomic E-state index is 0.107. The summed E-state index contributed by atoms with van der Waals surface area (Å²) in [5, 5.41) is 25.3. The van der Waals surface area contributed by atoms with Gasteiger partial charge in [-0.2, -0.15) is 5.10 Å². The topological polar surface area (TPSA) is 137 Å². The van der Waals surface area contributed by atoms with E-state index >= 15 is 0 Å². The molecule has 0 aliphatic carbocycles. The van der Waals surface area contributed by atoms with Crippen LogP contribution in [0.4, 0.5) is 11.4 Å². The van der Waals surface area contributed by atoms with E-state index in [1.54, 1.807) is 12.1 Å². The highest BCUT2D eigenvalue weighted by atomic mass is 16.6. The molecule has 0 saturated carbocycles. The van der Waals surface area contributed by atoms with Crippen LogP contribution in [0.15, 0.2) is 47.6 Å². The monoisotopic (exact) mass is 344 g/mol. The second-order valence-corrected chi connectivity index (χ2v) is 4.72. The molecule has 10 nitrogen and oxygen atoms in total. The first-order valence-corrected chi connectivity index (χ1v) is 6.82. The number of carbonyl (C=O) groups excluding carboxylic acids is 1. The van der Waals surface area contributed by atoms with Crippen LogP contribution in [-0.4, -0.2) is 29.1 Å². The van der Waals surface area contributed by atoms with Gasteiger partial charge in [-0.3, -0.25) is 25.0 Å². The molecule has 0 radical (unpaired) electrons. The molecule has 128 valence electrons. The number of hydrogen-bond donors (Lipinski definition) is 1. The molecule has 10 heteroatoms. The summed E-state index contributed by atoms with van der Waals surface area (Å²) in [7, 11) is 1.50. The van der Waals surface area contributed by atoms with Crippen molar-refractivity contribution < 1.29 is 19.4 Å². The maximum Gasteiger partial charge on any atom is 0.276 e. The molecule has 0 aliphatic rings. The van der Waals surface area contributed by atoms with Crippen molar-refractivity contribution in [3.63, 3.8) is 0 Å². The van der Waals surface area contributed by atoms with Crippen molar-refractivity contribution in [3.05, 3.63) is 73.8 Å². The summed E-state index contributed by atoms with van der Waals surface area (Å²) in [4.78, 5) is 32.0. The molecule has 0 bridgehead atoms. The number of benzene rings is 2. The predicted molar refractivity (Wildman–Crippen MR) is 87.8 cm³/mol. The minimum atomic E-state index is -0.750. The minimum Gasteiger partial charge on any atom is -0.497 e. The van der Waals surface area contributed by atoms with E-state index in [4.69, 9.17) is 4.74 Å². The van der Waals surface area contributed by atoms with Gasteiger partial charge < -0.3 is 4.74 Å². The number of amides is 1. The van der Waals surface area contributed by atoms with Crippen LogP contribution in [0.3, 0.4) is 0 Å². The van der Waals surface area contributed by atoms with Gasteiger partial charge in [0.1, 0.15) is 5.75 Å². The number of nitro groups is 2. The Labute approximate surface area is 141 Å². The largest absolute Gasteiger partial charge is 0.497 e. The average Bonchev–Trinajstić information content (AvgIpc) is 2.61. The van der Waals surface area contributed by atoms with E-state index in [1.807, 2.05) is 0 Å². The van der Waals surface area contributed by atoms with E-state index in [1.165, 1.54) is 19.2 Å². The van der Waals surface area contributed by atoms with Gasteiger partial charge in [0, 0.05) is 23.3 Å². The predicted octanol–water partition coefficient (Wildman–Crippen LogP) is 2.28. The zero-order valence-corrected chi connectivity index (χ0v) is 12.9. The Balaban J connectivity index is 2.14. The van der Waals surface area contributed by atoms with Crippen molar-refractivity contribution >= 4 is 23.5 Å². The Hall–Kier alpha value is -3.82. The fraction of sp³-hybridized carbons (Fsp3) is 0.0667. The van der Waals surface area contributed by atoms with Crippen molar-refractivity contribution in [2.24, 2.45) is 5.10 Å². The third-order valence-electron chi connectivity index (χ3n) is 3.08. The number of hydrogen-bond acceptors (Lipinski definition) is 7. The van der Waals surface area contributed by atoms with Crippen LogP contribution >= 0.6 is 0 Å². The van der Waals surface area contributed by atoms with E-state index in [-0.39, 0.29) is 5.56 Å². The zero-order valence-electron chi connectivity index (χ0n) is 12.9. The molecule has 2 aromatic rings. The molecule has 0 saturated heterocycles. The summed E-state index contributed by atoms with van der Waals surface area (Å²) in [5.74, 6) is 0.0720. The van der Waals surface area contributed by atoms with Gasteiger partial charge in [-0.15, -0.1) is 0 Å². The number of methoxy groups -OCH3 is 1. The van der Waals surface area contributed by atoms with Crippen LogP contribution in [0, 0.1) is 20.2 Å². The van der Waals surface area contributed by atoms with Crippen molar-refractivity contribution in [2.45, 2.75) is 0 Å². The Bertz CT molecular complexity index is 815. The Morgan fingerprint density at radius 1 is 1.08 bits per heavy atom. The molecular weight excluding hydrogens is 332 g/mol. The fourth-order valence-electron chi connectivity index (χ4n) is 1.88. The smallest absolute Gasteiger partial charge is 0.276 e. The highest BCUT2D eigenvalue weighted by Gasteiger charge is 2.15. The number of ether oxygens (including phenoxy) is 1. The molecule has 0 fully saturated rings. The molecule has 2 rings (SSSR count). The Morgan fingerprint density at radius 3 is 2.12 bits per heavy atom. The number of hydrazone groups is 1. The van der Waals surface area contributed by atoms with Crippen molar-refractivity contribution in [1.29, 1.82) is 0 Å². The first kappa shape index (κ1) is 17.5. The van der Waals surface area contributed by atoms with E-state index in [0.29, 0.717) is 11.3 Å². The molecule has 0 atom stereocenters. The summed E-state index contributed by atoms with van der Waals surface area (Å²) in [6.45, 7) is 0. The lowest BCUT2D eigenvalue weighted by Gasteiger charge is -2.02. The quantitative estimate of drug-likeness (QED) is 0.485. The van der Waals surface area contributed by atoms with Crippen LogP contribution < -0.4 is 10.2 Å². The number of carbonyl (C=O) groups is 1. The summed E-state index contributed by atoms with van der Waals surface area (Å²) in [6.07, 6.45) is 1.08. The molecule has 0 aliphatic heterocycles. The molecular formula is C15H12N4O6.